The molecule has 2 aromatic carbocycles. The molecule has 0 spiro atoms. The number of amides is 2. The normalized spacial score (nSPS) is 12.2. The van der Waals surface area contributed by atoms with Crippen molar-refractivity contribution >= 4 is 33.4 Å². The molecule has 4 rings (SSSR count). The number of sulfone groups is 1. The maximum atomic E-state index is 12.8. The lowest BCUT2D eigenvalue weighted by Crippen LogP contribution is -2.28. The summed E-state index contributed by atoms with van der Waals surface area (Å²) in [7, 11) is -0.546. The molecule has 2 heterocycles. The molecule has 0 fully saturated rings. The fraction of sp³-hybridized carbons (Fsp3) is 0.250. The summed E-state index contributed by atoms with van der Waals surface area (Å²) in [5.41, 5.74) is 4.30. The lowest BCUT2D eigenvalue weighted by Gasteiger charge is -2.10. The Labute approximate surface area is 209 Å². The molecule has 0 aliphatic carbocycles. The second kappa shape index (κ2) is 12.5. The van der Waals surface area contributed by atoms with Gasteiger partial charge in [0.25, 0.3) is 0 Å². The van der Waals surface area contributed by atoms with E-state index in [0.717, 1.165) is 24.2 Å². The number of methoxy groups -OCH3 is 1. The van der Waals surface area contributed by atoms with Crippen LogP contribution in [0.2, 0.25) is 0 Å². The van der Waals surface area contributed by atoms with E-state index in [1.165, 1.54) is 24.8 Å². The molecule has 2 amide bonds. The molecule has 3 N–H and O–H groups in total. The van der Waals surface area contributed by atoms with E-state index in [9.17, 15) is 13.2 Å². The van der Waals surface area contributed by atoms with Gasteiger partial charge in [0.1, 0.15) is 5.75 Å². The van der Waals surface area contributed by atoms with E-state index in [0.29, 0.717) is 17.1 Å². The van der Waals surface area contributed by atoms with Gasteiger partial charge in [-0.1, -0.05) is 18.2 Å². The molecular formula is C24H27ClN4O5S. The maximum Gasteiger partial charge on any atom is 0.319 e. The van der Waals surface area contributed by atoms with Gasteiger partial charge in [-0.15, -0.1) is 0 Å². The summed E-state index contributed by atoms with van der Waals surface area (Å²) >= 11 is 4.50. The Morgan fingerprint density at radius 3 is 2.43 bits per heavy atom. The van der Waals surface area contributed by atoms with Crippen molar-refractivity contribution in [1.29, 1.82) is 0 Å². The molecule has 11 heteroatoms. The van der Waals surface area contributed by atoms with Crippen molar-refractivity contribution < 1.29 is 22.2 Å². The van der Waals surface area contributed by atoms with Crippen LogP contribution in [0.3, 0.4) is 0 Å². The fourth-order valence-corrected chi connectivity index (χ4v) is 4.80. The van der Waals surface area contributed by atoms with Crippen LogP contribution in [0.4, 0.5) is 10.5 Å². The number of pyridine rings is 1. The summed E-state index contributed by atoms with van der Waals surface area (Å²) in [5, 5.41) is 8.65. The zero-order valence-electron chi connectivity index (χ0n) is 19.4. The van der Waals surface area contributed by atoms with Crippen LogP contribution in [-0.2, 0) is 39.5 Å². The first-order chi connectivity index (χ1) is 16.8. The number of hydrogen-bond donors (Lipinski definition) is 3. The van der Waals surface area contributed by atoms with Crippen LogP contribution in [0, 0.1) is 0 Å². The van der Waals surface area contributed by atoms with Gasteiger partial charge >= 0.3 is 6.03 Å². The molecule has 1 aliphatic heterocycles. The number of anilines is 1. The first-order valence-corrected chi connectivity index (χ1v) is 12.6. The molecule has 0 bridgehead atoms. The summed E-state index contributed by atoms with van der Waals surface area (Å²) in [5.74, 6) is 0.573. The maximum absolute atomic E-state index is 12.8. The number of ether oxygens (including phenoxy) is 1. The number of carbonyl (C=O) groups is 1. The van der Waals surface area contributed by atoms with Gasteiger partial charge in [0.15, 0.2) is 9.84 Å². The second-order valence-electron chi connectivity index (χ2n) is 7.64. The summed E-state index contributed by atoms with van der Waals surface area (Å²) in [6.07, 6.45) is 1.58. The number of fused-ring (bicyclic) bond motifs is 1. The molecule has 186 valence electrons. The predicted molar refractivity (Wildman–Crippen MR) is 134 cm³/mol. The molecule has 9 nitrogen and oxygen atoms in total. The molecular weight excluding hydrogens is 492 g/mol. The van der Waals surface area contributed by atoms with Crippen LogP contribution in [0.15, 0.2) is 65.7 Å². The minimum atomic E-state index is -3.50. The van der Waals surface area contributed by atoms with Crippen LogP contribution in [0.25, 0.3) is 0 Å². The highest BCUT2D eigenvalue weighted by Gasteiger charge is 2.18. The quantitative estimate of drug-likeness (QED) is 0.435. The van der Waals surface area contributed by atoms with E-state index in [1.807, 2.05) is 18.2 Å². The summed E-state index contributed by atoms with van der Waals surface area (Å²) < 4.78 is 34.4. The number of hydrogen-bond acceptors (Lipinski definition) is 7. The average Bonchev–Trinajstić information content (AvgIpc) is 3.32. The monoisotopic (exact) mass is 518 g/mol. The highest BCUT2D eigenvalue weighted by atomic mass is 35.5. The SMILES string of the molecule is COCl.COc1ccc(CNC(=O)Nc2ccc(S(=O)(=O)Cc3ccc4c(c3)CNC4)cc2)nc1. The Bertz CT molecular complexity index is 1240. The fourth-order valence-electron chi connectivity index (χ4n) is 3.47. The van der Waals surface area contributed by atoms with Gasteiger partial charge in [0, 0.05) is 18.8 Å². The van der Waals surface area contributed by atoms with Crippen LogP contribution < -0.4 is 20.7 Å². The van der Waals surface area contributed by atoms with Crippen molar-refractivity contribution in [3.8, 4) is 5.75 Å². The predicted octanol–water partition coefficient (Wildman–Crippen LogP) is 3.78. The number of benzene rings is 2. The zero-order valence-corrected chi connectivity index (χ0v) is 20.9. The lowest BCUT2D eigenvalue weighted by atomic mass is 10.1. The van der Waals surface area contributed by atoms with Crippen LogP contribution >= 0.6 is 11.9 Å². The molecule has 1 aromatic heterocycles. The van der Waals surface area contributed by atoms with Gasteiger partial charge in [-0.25, -0.2) is 13.2 Å². The number of aromatic nitrogens is 1. The topological polar surface area (TPSA) is 119 Å². The van der Waals surface area contributed by atoms with Crippen molar-refractivity contribution in [2.24, 2.45) is 0 Å². The van der Waals surface area contributed by atoms with Crippen LogP contribution in [-0.4, -0.2) is 33.7 Å². The van der Waals surface area contributed by atoms with Gasteiger partial charge in [0.05, 0.1) is 55.2 Å². The minimum absolute atomic E-state index is 0.0671. The third-order valence-corrected chi connectivity index (χ3v) is 6.90. The van der Waals surface area contributed by atoms with Gasteiger partial charge in [-0.3, -0.25) is 9.27 Å². The van der Waals surface area contributed by atoms with Crippen molar-refractivity contribution in [3.05, 3.63) is 83.2 Å². The third-order valence-electron chi connectivity index (χ3n) is 5.19. The number of nitrogens with one attached hydrogen (secondary N) is 3. The van der Waals surface area contributed by atoms with Crippen molar-refractivity contribution in [3.63, 3.8) is 0 Å². The van der Waals surface area contributed by atoms with Crippen molar-refractivity contribution in [1.82, 2.24) is 15.6 Å². The highest BCUT2D eigenvalue weighted by Crippen LogP contribution is 2.22. The number of nitrogens with zero attached hydrogens (tertiary/aromatic N) is 1. The minimum Gasteiger partial charge on any atom is -0.495 e. The van der Waals surface area contributed by atoms with Crippen molar-refractivity contribution in [2.75, 3.05) is 19.5 Å². The number of carbonyl (C=O) groups excluding carboxylic acids is 1. The Morgan fingerprint density at radius 2 is 1.77 bits per heavy atom. The smallest absolute Gasteiger partial charge is 0.319 e. The molecule has 0 atom stereocenters. The Hall–Kier alpha value is -3.18. The van der Waals surface area contributed by atoms with E-state index >= 15 is 0 Å². The number of halogens is 1. The van der Waals surface area contributed by atoms with Gasteiger partial charge in [-0.2, -0.15) is 0 Å². The highest BCUT2D eigenvalue weighted by molar-refractivity contribution is 7.90. The molecule has 0 radical (unpaired) electrons. The molecule has 1 aliphatic rings. The summed E-state index contributed by atoms with van der Waals surface area (Å²) in [6.45, 7) is 1.83. The summed E-state index contributed by atoms with van der Waals surface area (Å²) in [4.78, 5) is 16.5. The largest absolute Gasteiger partial charge is 0.495 e. The van der Waals surface area contributed by atoms with E-state index in [2.05, 4.69) is 37.1 Å². The molecule has 0 unspecified atom stereocenters. The molecule has 0 saturated carbocycles. The molecule has 35 heavy (non-hydrogen) atoms. The Kier molecular flexibility index (Phi) is 9.44. The number of urea groups is 1. The third kappa shape index (κ3) is 7.66. The zero-order chi connectivity index (χ0) is 25.3. The standard InChI is InChI=1S/C23H24N4O4S.CH3ClO/c1-31-21-7-4-20(25-14-21)13-26-23(28)27-19-5-8-22(9-6-19)32(29,30)15-16-2-3-17-11-24-12-18(17)10-16;1-3-2/h2-10,14,24H,11-13,15H2,1H3,(H2,26,27,28);1H3. The first kappa shape index (κ1) is 26.4. The van der Waals surface area contributed by atoms with E-state index in [1.54, 1.807) is 37.6 Å². The van der Waals surface area contributed by atoms with E-state index < -0.39 is 15.9 Å². The van der Waals surface area contributed by atoms with Gasteiger partial charge in [0.2, 0.25) is 0 Å². The average molecular weight is 519 g/mol. The van der Waals surface area contributed by atoms with E-state index in [-0.39, 0.29) is 17.2 Å². The van der Waals surface area contributed by atoms with Gasteiger partial charge < -0.3 is 20.7 Å². The summed E-state index contributed by atoms with van der Waals surface area (Å²) in [6, 6.07) is 15.1. The number of rotatable bonds is 7. The Morgan fingerprint density at radius 1 is 1.06 bits per heavy atom. The van der Waals surface area contributed by atoms with Crippen molar-refractivity contribution in [2.45, 2.75) is 30.3 Å². The van der Waals surface area contributed by atoms with Gasteiger partial charge in [-0.05, 0) is 53.1 Å². The van der Waals surface area contributed by atoms with Crippen LogP contribution in [0.5, 0.6) is 5.75 Å². The Balaban J connectivity index is 0.00000108. The first-order valence-electron chi connectivity index (χ1n) is 10.7. The lowest BCUT2D eigenvalue weighted by molar-refractivity contribution is 0.251. The van der Waals surface area contributed by atoms with Crippen LogP contribution in [0.1, 0.15) is 22.4 Å². The molecule has 3 aromatic rings. The van der Waals surface area contributed by atoms with E-state index in [4.69, 9.17) is 4.74 Å². The second-order valence-corrected chi connectivity index (χ2v) is 9.94. The molecule has 0 saturated heterocycles.